The van der Waals surface area contributed by atoms with Crippen LogP contribution in [0.2, 0.25) is 0 Å². The zero-order valence-electron chi connectivity index (χ0n) is 13.8. The minimum absolute atomic E-state index is 0.660. The number of hydrogen-bond donors (Lipinski definition) is 1. The molecule has 1 aromatic heterocycles. The zero-order valence-corrected chi connectivity index (χ0v) is 14.6. The number of hydrogen-bond acceptors (Lipinski definition) is 2. The molecule has 1 aliphatic rings. The average molecular weight is 337 g/mol. The summed E-state index contributed by atoms with van der Waals surface area (Å²) in [5, 5.41) is 4.09. The van der Waals surface area contributed by atoms with E-state index in [1.807, 2.05) is 18.2 Å². The van der Waals surface area contributed by atoms with Crippen LogP contribution in [0.3, 0.4) is 0 Å². The molecule has 3 nitrogen and oxygen atoms in total. The van der Waals surface area contributed by atoms with Crippen molar-refractivity contribution in [3.05, 3.63) is 72.6 Å². The fraction of sp³-hybridized carbons (Fsp3) is 0.300. The van der Waals surface area contributed by atoms with Crippen molar-refractivity contribution in [3.8, 4) is 0 Å². The first-order chi connectivity index (χ1) is 11.8. The molecular weight excluding hydrogens is 314 g/mol. The molecular formula is C20H23N3S. The van der Waals surface area contributed by atoms with Gasteiger partial charge in [0.2, 0.25) is 0 Å². The van der Waals surface area contributed by atoms with E-state index in [1.54, 1.807) is 12.4 Å². The van der Waals surface area contributed by atoms with Crippen LogP contribution in [0.1, 0.15) is 24.8 Å². The molecule has 0 amide bonds. The van der Waals surface area contributed by atoms with E-state index in [-0.39, 0.29) is 0 Å². The quantitative estimate of drug-likeness (QED) is 0.636. The van der Waals surface area contributed by atoms with Gasteiger partial charge >= 0.3 is 0 Å². The van der Waals surface area contributed by atoms with E-state index in [9.17, 15) is 0 Å². The Labute approximate surface area is 149 Å². The summed E-state index contributed by atoms with van der Waals surface area (Å²) in [4.78, 5) is 6.43. The highest BCUT2D eigenvalue weighted by molar-refractivity contribution is 7.80. The van der Waals surface area contributed by atoms with Crippen molar-refractivity contribution >= 4 is 23.0 Å². The van der Waals surface area contributed by atoms with Crippen molar-refractivity contribution in [2.75, 3.05) is 11.9 Å². The van der Waals surface area contributed by atoms with Crippen molar-refractivity contribution in [2.45, 2.75) is 25.8 Å². The van der Waals surface area contributed by atoms with Crippen molar-refractivity contribution in [3.63, 3.8) is 0 Å². The van der Waals surface area contributed by atoms with E-state index in [0.717, 1.165) is 30.3 Å². The summed E-state index contributed by atoms with van der Waals surface area (Å²) < 4.78 is 0. The Bertz CT molecular complexity index is 670. The number of pyridine rings is 1. The Morgan fingerprint density at radius 2 is 2.04 bits per heavy atom. The van der Waals surface area contributed by atoms with Crippen molar-refractivity contribution < 1.29 is 0 Å². The molecule has 3 rings (SSSR count). The highest BCUT2D eigenvalue weighted by Gasteiger charge is 2.18. The molecule has 0 bridgehead atoms. The second kappa shape index (κ2) is 8.60. The Balaban J connectivity index is 1.70. The molecule has 1 atom stereocenters. The number of thiocarbonyl (C=S) groups is 1. The molecule has 1 N–H and O–H groups in total. The molecule has 0 fully saturated rings. The van der Waals surface area contributed by atoms with Gasteiger partial charge in [0.05, 0.1) is 11.9 Å². The van der Waals surface area contributed by atoms with Gasteiger partial charge in [-0.25, -0.2) is 0 Å². The van der Waals surface area contributed by atoms with Crippen LogP contribution in [0.4, 0.5) is 5.69 Å². The minimum Gasteiger partial charge on any atom is -0.344 e. The molecule has 24 heavy (non-hydrogen) atoms. The van der Waals surface area contributed by atoms with E-state index < -0.39 is 0 Å². The van der Waals surface area contributed by atoms with Crippen LogP contribution in [0.25, 0.3) is 0 Å². The van der Waals surface area contributed by atoms with Gasteiger partial charge in [-0.15, -0.1) is 0 Å². The Hall–Kier alpha value is -2.20. The van der Waals surface area contributed by atoms with Gasteiger partial charge in [0, 0.05) is 19.3 Å². The van der Waals surface area contributed by atoms with Crippen LogP contribution in [0.15, 0.2) is 67.0 Å². The molecule has 4 heteroatoms. The number of rotatable bonds is 5. The SMILES string of the molecule is S=C(Nc1cccnc1)N(Cc1ccccc1)C[C@@H]1CC=CCC1. The zero-order chi connectivity index (χ0) is 16.6. The van der Waals surface area contributed by atoms with E-state index in [1.165, 1.54) is 18.4 Å². The lowest BCUT2D eigenvalue weighted by Crippen LogP contribution is -2.38. The van der Waals surface area contributed by atoms with Gasteiger partial charge in [-0.3, -0.25) is 4.98 Å². The van der Waals surface area contributed by atoms with E-state index in [0.29, 0.717) is 5.92 Å². The largest absolute Gasteiger partial charge is 0.344 e. The summed E-state index contributed by atoms with van der Waals surface area (Å²) in [5.74, 6) is 0.660. The molecule has 2 aromatic rings. The lowest BCUT2D eigenvalue weighted by molar-refractivity contribution is 0.319. The number of benzene rings is 1. The van der Waals surface area contributed by atoms with Crippen molar-refractivity contribution in [1.29, 1.82) is 0 Å². The first kappa shape index (κ1) is 16.7. The maximum absolute atomic E-state index is 5.69. The van der Waals surface area contributed by atoms with Crippen LogP contribution in [0.5, 0.6) is 0 Å². The summed E-state index contributed by atoms with van der Waals surface area (Å²) >= 11 is 5.69. The highest BCUT2D eigenvalue weighted by atomic mass is 32.1. The van der Waals surface area contributed by atoms with Crippen LogP contribution in [-0.2, 0) is 6.54 Å². The molecule has 1 aromatic carbocycles. The Kier molecular flexibility index (Phi) is 5.96. The number of anilines is 1. The summed E-state index contributed by atoms with van der Waals surface area (Å²) in [6.07, 6.45) is 11.7. The van der Waals surface area contributed by atoms with Crippen LogP contribution >= 0.6 is 12.2 Å². The molecule has 0 saturated heterocycles. The maximum atomic E-state index is 5.69. The number of allylic oxidation sites excluding steroid dienone is 2. The minimum atomic E-state index is 0.660. The number of nitrogens with zero attached hydrogens (tertiary/aromatic N) is 2. The summed E-state index contributed by atoms with van der Waals surface area (Å²) in [5.41, 5.74) is 2.21. The third kappa shape index (κ3) is 4.90. The molecule has 0 aliphatic heterocycles. The first-order valence-electron chi connectivity index (χ1n) is 8.46. The van der Waals surface area contributed by atoms with Gasteiger partial charge in [0.1, 0.15) is 0 Å². The van der Waals surface area contributed by atoms with Gasteiger partial charge < -0.3 is 10.2 Å². The first-order valence-corrected chi connectivity index (χ1v) is 8.87. The fourth-order valence-corrected chi connectivity index (χ4v) is 3.25. The highest BCUT2D eigenvalue weighted by Crippen LogP contribution is 2.21. The van der Waals surface area contributed by atoms with Crippen LogP contribution in [-0.4, -0.2) is 21.5 Å². The van der Waals surface area contributed by atoms with E-state index in [4.69, 9.17) is 12.2 Å². The summed E-state index contributed by atoms with van der Waals surface area (Å²) in [6.45, 7) is 1.80. The van der Waals surface area contributed by atoms with Gasteiger partial charge in [-0.05, 0) is 55.1 Å². The standard InChI is InChI=1S/C20H23N3S/c24-20(22-19-12-7-13-21-14-19)23(15-17-8-3-1-4-9-17)16-18-10-5-2-6-11-18/h1-5,7-9,12-14,18H,6,10-11,15-16H2,(H,22,24)/t18-/m1/s1. The lowest BCUT2D eigenvalue weighted by atomic mass is 9.94. The molecule has 1 heterocycles. The molecule has 1 aliphatic carbocycles. The topological polar surface area (TPSA) is 28.2 Å². The van der Waals surface area contributed by atoms with Gasteiger partial charge in [0.25, 0.3) is 0 Å². The average Bonchev–Trinajstić information content (AvgIpc) is 2.64. The number of nitrogens with one attached hydrogen (secondary N) is 1. The van der Waals surface area contributed by atoms with Gasteiger partial charge in [-0.2, -0.15) is 0 Å². The Morgan fingerprint density at radius 1 is 1.17 bits per heavy atom. The molecule has 0 saturated carbocycles. The smallest absolute Gasteiger partial charge is 0.173 e. The third-order valence-electron chi connectivity index (χ3n) is 4.27. The molecule has 124 valence electrons. The fourth-order valence-electron chi connectivity index (χ4n) is 3.00. The van der Waals surface area contributed by atoms with E-state index >= 15 is 0 Å². The Morgan fingerprint density at radius 3 is 2.75 bits per heavy atom. The second-order valence-corrected chi connectivity index (χ2v) is 6.58. The second-order valence-electron chi connectivity index (χ2n) is 6.19. The predicted octanol–water partition coefficient (Wildman–Crippen LogP) is 4.64. The maximum Gasteiger partial charge on any atom is 0.173 e. The molecule has 0 spiro atoms. The summed E-state index contributed by atoms with van der Waals surface area (Å²) in [7, 11) is 0. The third-order valence-corrected chi connectivity index (χ3v) is 4.63. The van der Waals surface area contributed by atoms with Crippen LogP contribution in [0, 0.1) is 5.92 Å². The number of aromatic nitrogens is 1. The molecule has 0 radical (unpaired) electrons. The van der Waals surface area contributed by atoms with Gasteiger partial charge in [0.15, 0.2) is 5.11 Å². The lowest BCUT2D eigenvalue weighted by Gasteiger charge is -2.30. The van der Waals surface area contributed by atoms with Crippen LogP contribution < -0.4 is 5.32 Å². The van der Waals surface area contributed by atoms with Crippen molar-refractivity contribution in [1.82, 2.24) is 9.88 Å². The predicted molar refractivity (Wildman–Crippen MR) is 104 cm³/mol. The normalized spacial score (nSPS) is 16.6. The summed E-state index contributed by atoms with van der Waals surface area (Å²) in [6, 6.07) is 14.4. The van der Waals surface area contributed by atoms with E-state index in [2.05, 4.69) is 51.6 Å². The van der Waals surface area contributed by atoms with Crippen molar-refractivity contribution in [2.24, 2.45) is 5.92 Å². The molecule has 0 unspecified atom stereocenters. The van der Waals surface area contributed by atoms with Gasteiger partial charge in [-0.1, -0.05) is 42.5 Å². The monoisotopic (exact) mass is 337 g/mol.